The number of hydrogen-bond acceptors (Lipinski definition) is 5. The molecule has 8 heteroatoms. The molecule has 0 aliphatic heterocycles. The van der Waals surface area contributed by atoms with Crippen molar-refractivity contribution >= 4 is 29.0 Å². The van der Waals surface area contributed by atoms with Gasteiger partial charge in [-0.05, 0) is 41.2 Å². The summed E-state index contributed by atoms with van der Waals surface area (Å²) in [4.78, 5) is 36.2. The summed E-state index contributed by atoms with van der Waals surface area (Å²) in [6, 6.07) is 10.3. The second-order valence-corrected chi connectivity index (χ2v) is 8.80. The predicted molar refractivity (Wildman–Crippen MR) is 122 cm³/mol. The number of hydrogen-bond donors (Lipinski definition) is 3. The van der Waals surface area contributed by atoms with E-state index in [0.29, 0.717) is 24.0 Å². The van der Waals surface area contributed by atoms with E-state index in [4.69, 9.17) is 4.74 Å². The van der Waals surface area contributed by atoms with Gasteiger partial charge in [0.2, 0.25) is 5.91 Å². The third-order valence-electron chi connectivity index (χ3n) is 5.01. The number of aromatic nitrogens is 2. The number of H-pyrrole nitrogens is 1. The molecule has 1 atom stereocenters. The maximum Gasteiger partial charge on any atom is 0.258 e. The van der Waals surface area contributed by atoms with Crippen LogP contribution < -0.4 is 15.4 Å². The molecule has 0 radical (unpaired) electrons. The van der Waals surface area contributed by atoms with Crippen LogP contribution in [0.4, 0.5) is 0 Å². The van der Waals surface area contributed by atoms with Crippen LogP contribution >= 0.6 is 0 Å². The molecular weight excluding hydrogens is 408 g/mol. The molecule has 0 saturated carbocycles. The summed E-state index contributed by atoms with van der Waals surface area (Å²) in [5, 5.41) is 13.2. The van der Waals surface area contributed by atoms with Crippen LogP contribution in [0, 0.1) is 5.41 Å². The lowest BCUT2D eigenvalue weighted by molar-refractivity contribution is -0.130. The Bertz CT molecular complexity index is 1130. The molecule has 0 bridgehead atoms. The van der Waals surface area contributed by atoms with Gasteiger partial charge in [-0.1, -0.05) is 39.0 Å². The first-order valence-corrected chi connectivity index (χ1v) is 10.4. The molecule has 168 valence electrons. The minimum atomic E-state index is -0.667. The second-order valence-electron chi connectivity index (χ2n) is 8.80. The molecule has 3 N–H and O–H groups in total. The summed E-state index contributed by atoms with van der Waals surface area (Å²) >= 11 is 0. The molecule has 1 heterocycles. The van der Waals surface area contributed by atoms with Crippen molar-refractivity contribution in [3.8, 4) is 16.9 Å². The van der Waals surface area contributed by atoms with Crippen LogP contribution in [0.2, 0.25) is 0 Å². The van der Waals surface area contributed by atoms with E-state index in [-0.39, 0.29) is 17.9 Å². The summed E-state index contributed by atoms with van der Waals surface area (Å²) in [5.41, 5.74) is 2.84. The van der Waals surface area contributed by atoms with Gasteiger partial charge in [0.05, 0.1) is 17.3 Å². The zero-order valence-electron chi connectivity index (χ0n) is 18.7. The molecule has 2 amide bonds. The number of carbonyl (C=O) groups excluding carboxylic acids is 3. The number of nitrogens with zero attached hydrogens (tertiary/aromatic N) is 1. The van der Waals surface area contributed by atoms with Crippen molar-refractivity contribution in [3.05, 3.63) is 48.2 Å². The van der Waals surface area contributed by atoms with Crippen molar-refractivity contribution in [1.82, 2.24) is 20.8 Å². The summed E-state index contributed by atoms with van der Waals surface area (Å²) in [7, 11) is 1.53. The Kier molecular flexibility index (Phi) is 6.92. The fraction of sp³-hybridized carbons (Fsp3) is 0.333. The van der Waals surface area contributed by atoms with E-state index < -0.39 is 11.9 Å². The van der Waals surface area contributed by atoms with E-state index in [2.05, 4.69) is 20.8 Å². The van der Waals surface area contributed by atoms with Gasteiger partial charge in [-0.2, -0.15) is 5.10 Å². The Hall–Kier alpha value is -3.68. The van der Waals surface area contributed by atoms with Gasteiger partial charge in [-0.3, -0.25) is 19.5 Å². The monoisotopic (exact) mass is 436 g/mol. The first-order valence-electron chi connectivity index (χ1n) is 10.4. The van der Waals surface area contributed by atoms with Crippen LogP contribution in [0.3, 0.4) is 0 Å². The molecular formula is C24H28N4O4. The number of likely N-dealkylation sites (N-methyl/N-ethyl adjacent to an activating group) is 1. The molecule has 0 aliphatic carbocycles. The normalized spacial score (nSPS) is 12.2. The van der Waals surface area contributed by atoms with Crippen molar-refractivity contribution in [2.24, 2.45) is 5.41 Å². The Labute approximate surface area is 186 Å². The van der Waals surface area contributed by atoms with Gasteiger partial charge in [0.1, 0.15) is 11.8 Å². The van der Waals surface area contributed by atoms with Crippen molar-refractivity contribution in [1.29, 1.82) is 0 Å². The van der Waals surface area contributed by atoms with Gasteiger partial charge in [0.25, 0.3) is 5.91 Å². The number of aldehydes is 1. The lowest BCUT2D eigenvalue weighted by Crippen LogP contribution is -2.48. The van der Waals surface area contributed by atoms with Gasteiger partial charge < -0.3 is 15.4 Å². The minimum absolute atomic E-state index is 0.149. The van der Waals surface area contributed by atoms with Gasteiger partial charge in [0, 0.05) is 12.4 Å². The van der Waals surface area contributed by atoms with E-state index in [1.54, 1.807) is 18.3 Å². The quantitative estimate of drug-likeness (QED) is 0.470. The van der Waals surface area contributed by atoms with E-state index in [0.717, 1.165) is 22.0 Å². The Morgan fingerprint density at radius 2 is 2.00 bits per heavy atom. The van der Waals surface area contributed by atoms with Gasteiger partial charge in [-0.15, -0.1) is 0 Å². The van der Waals surface area contributed by atoms with Crippen LogP contribution in [0.25, 0.3) is 22.0 Å². The molecule has 0 unspecified atom stereocenters. The number of ether oxygens (including phenoxy) is 1. The van der Waals surface area contributed by atoms with Crippen LogP contribution in [-0.4, -0.2) is 48.0 Å². The molecule has 2 aromatic carbocycles. The average molecular weight is 437 g/mol. The SMILES string of the molecule is CNC(=O)[C@H](CC(C)(C)C)NC(=O)COc1ccc(-c2cccc3[nH]ncc23)cc1C=O. The number of nitrogens with one attached hydrogen (secondary N) is 3. The van der Waals surface area contributed by atoms with Crippen molar-refractivity contribution in [2.45, 2.75) is 33.2 Å². The van der Waals surface area contributed by atoms with Gasteiger partial charge in [-0.25, -0.2) is 0 Å². The molecule has 3 aromatic rings. The van der Waals surface area contributed by atoms with Crippen LogP contribution in [0.1, 0.15) is 37.6 Å². The van der Waals surface area contributed by atoms with Crippen LogP contribution in [-0.2, 0) is 9.59 Å². The topological polar surface area (TPSA) is 113 Å². The van der Waals surface area contributed by atoms with Crippen LogP contribution in [0.5, 0.6) is 5.75 Å². The fourth-order valence-corrected chi connectivity index (χ4v) is 3.53. The highest BCUT2D eigenvalue weighted by atomic mass is 16.5. The molecule has 3 rings (SSSR count). The highest BCUT2D eigenvalue weighted by molar-refractivity contribution is 5.95. The first-order chi connectivity index (χ1) is 15.2. The number of carbonyl (C=O) groups is 3. The number of amides is 2. The second kappa shape index (κ2) is 9.64. The third-order valence-corrected chi connectivity index (χ3v) is 5.01. The number of rotatable bonds is 8. The van der Waals surface area contributed by atoms with Crippen molar-refractivity contribution < 1.29 is 19.1 Å². The van der Waals surface area contributed by atoms with Crippen LogP contribution in [0.15, 0.2) is 42.6 Å². The highest BCUT2D eigenvalue weighted by Crippen LogP contribution is 2.30. The summed E-state index contributed by atoms with van der Waals surface area (Å²) < 4.78 is 5.60. The predicted octanol–water partition coefficient (Wildman–Crippen LogP) is 3.09. The van der Waals surface area contributed by atoms with E-state index in [1.165, 1.54) is 7.05 Å². The average Bonchev–Trinajstić information content (AvgIpc) is 3.24. The van der Waals surface area contributed by atoms with E-state index >= 15 is 0 Å². The maximum absolute atomic E-state index is 12.4. The maximum atomic E-state index is 12.4. The molecule has 8 nitrogen and oxygen atoms in total. The zero-order chi connectivity index (χ0) is 23.3. The molecule has 0 spiro atoms. The number of benzene rings is 2. The van der Waals surface area contributed by atoms with Crippen molar-refractivity contribution in [3.63, 3.8) is 0 Å². The number of fused-ring (bicyclic) bond motifs is 1. The van der Waals surface area contributed by atoms with Crippen molar-refractivity contribution in [2.75, 3.05) is 13.7 Å². The highest BCUT2D eigenvalue weighted by Gasteiger charge is 2.26. The zero-order valence-corrected chi connectivity index (χ0v) is 18.7. The van der Waals surface area contributed by atoms with Gasteiger partial charge in [0.15, 0.2) is 12.9 Å². The number of aromatic amines is 1. The minimum Gasteiger partial charge on any atom is -0.483 e. The molecule has 32 heavy (non-hydrogen) atoms. The van der Waals surface area contributed by atoms with Gasteiger partial charge >= 0.3 is 0 Å². The smallest absolute Gasteiger partial charge is 0.258 e. The fourth-order valence-electron chi connectivity index (χ4n) is 3.53. The Morgan fingerprint density at radius 1 is 1.22 bits per heavy atom. The summed E-state index contributed by atoms with van der Waals surface area (Å²) in [6.45, 7) is 5.67. The largest absolute Gasteiger partial charge is 0.483 e. The third kappa shape index (κ3) is 5.51. The first kappa shape index (κ1) is 23.0. The molecule has 1 aromatic heterocycles. The van der Waals surface area contributed by atoms with E-state index in [9.17, 15) is 14.4 Å². The Morgan fingerprint density at radius 3 is 2.69 bits per heavy atom. The lowest BCUT2D eigenvalue weighted by Gasteiger charge is -2.25. The molecule has 0 fully saturated rings. The lowest BCUT2D eigenvalue weighted by atomic mass is 9.87. The van der Waals surface area contributed by atoms with E-state index in [1.807, 2.05) is 45.0 Å². The summed E-state index contributed by atoms with van der Waals surface area (Å²) in [6.07, 6.45) is 2.91. The molecule has 0 saturated heterocycles. The molecule has 0 aliphatic rings. The summed E-state index contributed by atoms with van der Waals surface area (Å²) in [5.74, 6) is -0.405. The standard InChI is InChI=1S/C24H28N4O4/c1-24(2,3)11-20(23(31)25-4)27-22(30)14-32-21-9-8-15(10-16(21)13-29)17-6-5-7-19-18(17)12-26-28-19/h5-10,12-13,20H,11,14H2,1-4H3,(H,25,31)(H,26,28)(H,27,30)/t20-/m0/s1. The Balaban J connectivity index is 1.72.